The van der Waals surface area contributed by atoms with Crippen LogP contribution in [0.3, 0.4) is 0 Å². The number of hydrogen-bond acceptors (Lipinski definition) is 5. The summed E-state index contributed by atoms with van der Waals surface area (Å²) in [6.07, 6.45) is 0.802. The van der Waals surface area contributed by atoms with Crippen molar-refractivity contribution in [2.24, 2.45) is 4.99 Å². The number of nitrogens with zero attached hydrogens (tertiary/aromatic N) is 3. The van der Waals surface area contributed by atoms with Crippen molar-refractivity contribution in [3.05, 3.63) is 39.9 Å². The maximum Gasteiger partial charge on any atom is 0.269 e. The fraction of sp³-hybridized carbons (Fsp3) is 0.500. The number of nitrogens with one attached hydrogen (secondary N) is 2. The summed E-state index contributed by atoms with van der Waals surface area (Å²) in [5.74, 6) is 0.436. The zero-order valence-electron chi connectivity index (χ0n) is 15.2. The second-order valence-corrected chi connectivity index (χ2v) is 5.50. The Balaban J connectivity index is 0.00000625. The molecule has 0 heterocycles. The van der Waals surface area contributed by atoms with Gasteiger partial charge in [-0.15, -0.1) is 24.0 Å². The number of non-ortho nitro benzene ring substituents is 1. The van der Waals surface area contributed by atoms with Crippen LogP contribution >= 0.6 is 24.0 Å². The van der Waals surface area contributed by atoms with Gasteiger partial charge in [0, 0.05) is 46.5 Å². The molecule has 1 aromatic rings. The van der Waals surface area contributed by atoms with Crippen molar-refractivity contribution >= 4 is 41.5 Å². The van der Waals surface area contributed by atoms with Gasteiger partial charge in [-0.25, -0.2) is 4.99 Å². The van der Waals surface area contributed by atoms with E-state index in [0.717, 1.165) is 12.0 Å². The van der Waals surface area contributed by atoms with E-state index in [1.54, 1.807) is 33.3 Å². The van der Waals surface area contributed by atoms with Crippen molar-refractivity contribution in [3.8, 4) is 0 Å². The first-order valence-corrected chi connectivity index (χ1v) is 7.88. The van der Waals surface area contributed by atoms with Gasteiger partial charge in [0.05, 0.1) is 18.0 Å². The topological polar surface area (TPSA) is 109 Å². The van der Waals surface area contributed by atoms with Gasteiger partial charge in [0.15, 0.2) is 5.96 Å². The number of carbonyl (C=O) groups is 1. The van der Waals surface area contributed by atoms with E-state index in [1.165, 1.54) is 17.0 Å². The molecule has 0 aliphatic heterocycles. The SMILES string of the molecule is COCCCNC(=NCc1ccc([N+](=O)[O-])cc1)NCC(=O)N(C)C.I. The maximum absolute atomic E-state index is 11.7. The zero-order valence-corrected chi connectivity index (χ0v) is 17.6. The molecule has 10 heteroatoms. The Morgan fingerprint density at radius 3 is 2.46 bits per heavy atom. The number of likely N-dealkylation sites (N-methyl/N-ethyl adjacent to an activating group) is 1. The lowest BCUT2D eigenvalue weighted by molar-refractivity contribution is -0.384. The Morgan fingerprint density at radius 2 is 1.92 bits per heavy atom. The van der Waals surface area contributed by atoms with Crippen LogP contribution in [0, 0.1) is 10.1 Å². The smallest absolute Gasteiger partial charge is 0.269 e. The van der Waals surface area contributed by atoms with Gasteiger partial charge in [-0.05, 0) is 12.0 Å². The van der Waals surface area contributed by atoms with Gasteiger partial charge in [0.2, 0.25) is 5.91 Å². The van der Waals surface area contributed by atoms with Gasteiger partial charge in [-0.1, -0.05) is 12.1 Å². The standard InChI is InChI=1S/C16H25N5O4.HI/c1-20(2)15(22)12-19-16(17-9-4-10-25-3)18-11-13-5-7-14(8-6-13)21(23)24;/h5-8H,4,9-12H2,1-3H3,(H2,17,18,19);1H. The number of guanidine groups is 1. The molecule has 9 nitrogen and oxygen atoms in total. The largest absolute Gasteiger partial charge is 0.385 e. The van der Waals surface area contributed by atoms with Crippen molar-refractivity contribution in [3.63, 3.8) is 0 Å². The number of amides is 1. The first kappa shape index (κ1) is 24.1. The number of hydrogen-bond donors (Lipinski definition) is 2. The van der Waals surface area contributed by atoms with Crippen LogP contribution in [-0.2, 0) is 16.1 Å². The summed E-state index contributed by atoms with van der Waals surface area (Å²) in [4.78, 5) is 27.8. The van der Waals surface area contributed by atoms with E-state index >= 15 is 0 Å². The normalized spacial score (nSPS) is 10.7. The van der Waals surface area contributed by atoms with Crippen molar-refractivity contribution < 1.29 is 14.5 Å². The Labute approximate surface area is 170 Å². The number of nitro benzene ring substituents is 1. The average molecular weight is 479 g/mol. The number of aliphatic imine (C=N–C) groups is 1. The summed E-state index contributed by atoms with van der Waals surface area (Å²) in [7, 11) is 5.00. The fourth-order valence-electron chi connectivity index (χ4n) is 1.81. The summed E-state index contributed by atoms with van der Waals surface area (Å²) in [5.41, 5.74) is 0.878. The van der Waals surface area contributed by atoms with Crippen LogP contribution in [0.5, 0.6) is 0 Å². The monoisotopic (exact) mass is 479 g/mol. The van der Waals surface area contributed by atoms with Gasteiger partial charge in [0.1, 0.15) is 0 Å². The lowest BCUT2D eigenvalue weighted by Gasteiger charge is -2.15. The van der Waals surface area contributed by atoms with E-state index < -0.39 is 4.92 Å². The molecule has 0 spiro atoms. The van der Waals surface area contributed by atoms with Gasteiger partial charge in [0.25, 0.3) is 5.69 Å². The van der Waals surface area contributed by atoms with Crippen LogP contribution in [0.2, 0.25) is 0 Å². The van der Waals surface area contributed by atoms with E-state index in [9.17, 15) is 14.9 Å². The summed E-state index contributed by atoms with van der Waals surface area (Å²) in [6.45, 7) is 1.74. The maximum atomic E-state index is 11.7. The van der Waals surface area contributed by atoms with Gasteiger partial charge >= 0.3 is 0 Å². The third kappa shape index (κ3) is 9.51. The van der Waals surface area contributed by atoms with Crippen LogP contribution in [0.1, 0.15) is 12.0 Å². The average Bonchev–Trinajstić information content (AvgIpc) is 2.60. The highest BCUT2D eigenvalue weighted by atomic mass is 127. The summed E-state index contributed by atoms with van der Waals surface area (Å²) >= 11 is 0. The summed E-state index contributed by atoms with van der Waals surface area (Å²) < 4.78 is 5.00. The third-order valence-electron chi connectivity index (χ3n) is 3.29. The highest BCUT2D eigenvalue weighted by molar-refractivity contribution is 14.0. The molecular weight excluding hydrogens is 453 g/mol. The molecule has 1 rings (SSSR count). The summed E-state index contributed by atoms with van der Waals surface area (Å²) in [6, 6.07) is 6.21. The molecule has 2 N–H and O–H groups in total. The first-order valence-electron chi connectivity index (χ1n) is 7.88. The molecule has 0 aliphatic rings. The minimum atomic E-state index is -0.440. The molecule has 1 amide bonds. The van der Waals surface area contributed by atoms with Gasteiger partial charge < -0.3 is 20.3 Å². The Bertz CT molecular complexity index is 593. The quantitative estimate of drug-likeness (QED) is 0.138. The van der Waals surface area contributed by atoms with E-state index in [2.05, 4.69) is 15.6 Å². The second-order valence-electron chi connectivity index (χ2n) is 5.50. The molecule has 0 aromatic heterocycles. The Hall–Kier alpha value is -1.95. The molecule has 0 unspecified atom stereocenters. The van der Waals surface area contributed by atoms with Crippen molar-refractivity contribution in [2.45, 2.75) is 13.0 Å². The predicted molar refractivity (Wildman–Crippen MR) is 111 cm³/mol. The van der Waals surface area contributed by atoms with Crippen molar-refractivity contribution in [2.75, 3.05) is 40.9 Å². The molecule has 0 bridgehead atoms. The number of benzene rings is 1. The Kier molecular flexibility index (Phi) is 12.3. The molecule has 0 saturated carbocycles. The molecule has 0 saturated heterocycles. The summed E-state index contributed by atoms with van der Waals surface area (Å²) in [5, 5.41) is 16.8. The van der Waals surface area contributed by atoms with E-state index in [-0.39, 0.29) is 42.1 Å². The first-order chi connectivity index (χ1) is 11.9. The number of rotatable bonds is 9. The fourth-order valence-corrected chi connectivity index (χ4v) is 1.81. The molecule has 146 valence electrons. The number of nitro groups is 1. The zero-order chi connectivity index (χ0) is 18.7. The minimum Gasteiger partial charge on any atom is -0.385 e. The van der Waals surface area contributed by atoms with E-state index in [0.29, 0.717) is 25.7 Å². The number of methoxy groups -OCH3 is 1. The van der Waals surface area contributed by atoms with Crippen molar-refractivity contribution in [1.82, 2.24) is 15.5 Å². The lowest BCUT2D eigenvalue weighted by atomic mass is 10.2. The van der Waals surface area contributed by atoms with Crippen LogP contribution < -0.4 is 10.6 Å². The number of ether oxygens (including phenoxy) is 1. The van der Waals surface area contributed by atoms with Crippen LogP contribution in [0.4, 0.5) is 5.69 Å². The molecule has 1 aromatic carbocycles. The molecule has 0 atom stereocenters. The third-order valence-corrected chi connectivity index (χ3v) is 3.29. The van der Waals surface area contributed by atoms with Gasteiger partial charge in [-0.2, -0.15) is 0 Å². The second kappa shape index (κ2) is 13.3. The highest BCUT2D eigenvalue weighted by Gasteiger charge is 2.07. The lowest BCUT2D eigenvalue weighted by Crippen LogP contribution is -2.43. The predicted octanol–water partition coefficient (Wildman–Crippen LogP) is 1.37. The van der Waals surface area contributed by atoms with Gasteiger partial charge in [-0.3, -0.25) is 14.9 Å². The molecular formula is C16H26IN5O4. The highest BCUT2D eigenvalue weighted by Crippen LogP contribution is 2.12. The van der Waals surface area contributed by atoms with Crippen molar-refractivity contribution in [1.29, 1.82) is 0 Å². The minimum absolute atomic E-state index is 0. The molecule has 0 radical (unpaired) electrons. The van der Waals surface area contributed by atoms with Crippen LogP contribution in [0.15, 0.2) is 29.3 Å². The molecule has 0 aliphatic carbocycles. The Morgan fingerprint density at radius 1 is 1.27 bits per heavy atom. The van der Waals surface area contributed by atoms with E-state index in [1.807, 2.05) is 0 Å². The van der Waals surface area contributed by atoms with Crippen LogP contribution in [-0.4, -0.2) is 62.6 Å². The van der Waals surface area contributed by atoms with Crippen LogP contribution in [0.25, 0.3) is 0 Å². The molecule has 26 heavy (non-hydrogen) atoms. The number of carbonyl (C=O) groups excluding carboxylic acids is 1. The number of halogens is 1. The van der Waals surface area contributed by atoms with E-state index in [4.69, 9.17) is 4.74 Å². The molecule has 0 fully saturated rings.